The van der Waals surface area contributed by atoms with Gasteiger partial charge in [0.25, 0.3) is 0 Å². The highest BCUT2D eigenvalue weighted by molar-refractivity contribution is 7.10. The van der Waals surface area contributed by atoms with Gasteiger partial charge in [0, 0.05) is 17.9 Å². The molecule has 0 saturated carbocycles. The summed E-state index contributed by atoms with van der Waals surface area (Å²) in [7, 11) is 0. The van der Waals surface area contributed by atoms with Gasteiger partial charge < -0.3 is 4.42 Å². The lowest BCUT2D eigenvalue weighted by Gasteiger charge is -1.95. The van der Waals surface area contributed by atoms with Crippen LogP contribution in [-0.2, 0) is 5.88 Å². The van der Waals surface area contributed by atoms with Crippen LogP contribution in [0.2, 0.25) is 0 Å². The average molecular weight is 265 g/mol. The first-order chi connectivity index (χ1) is 8.26. The maximum atomic E-state index is 5.75. The van der Waals surface area contributed by atoms with Crippen molar-refractivity contribution in [2.45, 2.75) is 12.8 Å². The molecule has 1 aromatic carbocycles. The number of hydrogen-bond donors (Lipinski definition) is 0. The smallest absolute Gasteiger partial charge is 0.192 e. The van der Waals surface area contributed by atoms with E-state index < -0.39 is 0 Å². The van der Waals surface area contributed by atoms with Gasteiger partial charge in [0.1, 0.15) is 10.5 Å². The zero-order chi connectivity index (χ0) is 11.8. The molecule has 3 aromatic rings. The number of halogens is 1. The molecule has 86 valence electrons. The second-order valence-electron chi connectivity index (χ2n) is 3.68. The van der Waals surface area contributed by atoms with Crippen LogP contribution in [0.15, 0.2) is 28.0 Å². The summed E-state index contributed by atoms with van der Waals surface area (Å²) >= 11 is 7.31. The van der Waals surface area contributed by atoms with Crippen LogP contribution >= 0.6 is 22.9 Å². The third kappa shape index (κ3) is 1.94. The molecular weight excluding hydrogens is 256 g/mol. The molecular formula is C12H9ClN2OS. The highest BCUT2D eigenvalue weighted by atomic mass is 35.5. The fraction of sp³-hybridized carbons (Fsp3) is 0.167. The standard InChI is InChI=1S/C12H9ClN2OS/c1-7-14-9-4-8(2-3-11(9)16-7)10-6-17-12(5-13)15-10/h2-4,6H,5H2,1H3. The molecule has 0 unspecified atom stereocenters. The molecule has 0 radical (unpaired) electrons. The number of thiazole rings is 1. The van der Waals surface area contributed by atoms with Crippen molar-refractivity contribution in [2.75, 3.05) is 0 Å². The molecule has 0 aliphatic rings. The summed E-state index contributed by atoms with van der Waals surface area (Å²) in [4.78, 5) is 8.75. The molecule has 3 rings (SSSR count). The maximum Gasteiger partial charge on any atom is 0.192 e. The second kappa shape index (κ2) is 4.13. The maximum absolute atomic E-state index is 5.75. The second-order valence-corrected chi connectivity index (χ2v) is 4.89. The SMILES string of the molecule is Cc1nc2cc(-c3csc(CCl)n3)ccc2o1. The van der Waals surface area contributed by atoms with Crippen molar-refractivity contribution >= 4 is 34.0 Å². The normalized spacial score (nSPS) is 11.2. The van der Waals surface area contributed by atoms with Gasteiger partial charge in [-0.2, -0.15) is 0 Å². The van der Waals surface area contributed by atoms with Crippen LogP contribution in [0.4, 0.5) is 0 Å². The van der Waals surface area contributed by atoms with Gasteiger partial charge in [0.15, 0.2) is 11.5 Å². The molecule has 0 atom stereocenters. The number of nitrogens with zero attached hydrogens (tertiary/aromatic N) is 2. The molecule has 2 aromatic heterocycles. The number of oxazole rings is 1. The molecule has 5 heteroatoms. The predicted molar refractivity (Wildman–Crippen MR) is 69.4 cm³/mol. The third-order valence-electron chi connectivity index (χ3n) is 2.46. The van der Waals surface area contributed by atoms with Crippen molar-refractivity contribution in [1.29, 1.82) is 0 Å². The number of fused-ring (bicyclic) bond motifs is 1. The Kier molecular flexibility index (Phi) is 2.61. The first kappa shape index (κ1) is 10.7. The van der Waals surface area contributed by atoms with Gasteiger partial charge in [-0.15, -0.1) is 22.9 Å². The fourth-order valence-electron chi connectivity index (χ4n) is 1.71. The van der Waals surface area contributed by atoms with E-state index in [1.165, 1.54) is 0 Å². The Hall–Kier alpha value is -1.39. The number of alkyl halides is 1. The lowest BCUT2D eigenvalue weighted by atomic mass is 10.1. The van der Waals surface area contributed by atoms with Crippen molar-refractivity contribution < 1.29 is 4.42 Å². The molecule has 0 aliphatic carbocycles. The van der Waals surface area contributed by atoms with Gasteiger partial charge in [-0.05, 0) is 18.2 Å². The van der Waals surface area contributed by atoms with Crippen molar-refractivity contribution in [3.8, 4) is 11.3 Å². The van der Waals surface area contributed by atoms with Crippen LogP contribution in [0, 0.1) is 6.92 Å². The van der Waals surface area contributed by atoms with Crippen LogP contribution in [0.25, 0.3) is 22.4 Å². The number of aromatic nitrogens is 2. The molecule has 0 bridgehead atoms. The quantitative estimate of drug-likeness (QED) is 0.657. The van der Waals surface area contributed by atoms with Crippen LogP contribution in [-0.4, -0.2) is 9.97 Å². The Bertz CT molecular complexity index is 674. The summed E-state index contributed by atoms with van der Waals surface area (Å²) in [6.07, 6.45) is 0. The Morgan fingerprint density at radius 1 is 1.35 bits per heavy atom. The van der Waals surface area contributed by atoms with E-state index in [-0.39, 0.29) is 0 Å². The van der Waals surface area contributed by atoms with E-state index in [4.69, 9.17) is 16.0 Å². The molecule has 2 heterocycles. The first-order valence-corrected chi connectivity index (χ1v) is 6.55. The molecule has 0 aliphatic heterocycles. The van der Waals surface area contributed by atoms with Gasteiger partial charge in [0.2, 0.25) is 0 Å². The largest absolute Gasteiger partial charge is 0.441 e. The van der Waals surface area contributed by atoms with Gasteiger partial charge in [-0.1, -0.05) is 0 Å². The van der Waals surface area contributed by atoms with Gasteiger partial charge in [0.05, 0.1) is 11.6 Å². The summed E-state index contributed by atoms with van der Waals surface area (Å²) in [5.74, 6) is 1.13. The molecule has 0 saturated heterocycles. The number of benzene rings is 1. The Morgan fingerprint density at radius 2 is 2.24 bits per heavy atom. The number of aryl methyl sites for hydroxylation is 1. The van der Waals surface area contributed by atoms with Crippen molar-refractivity contribution in [2.24, 2.45) is 0 Å². The molecule has 0 spiro atoms. The Labute approximate surface area is 107 Å². The molecule has 3 nitrogen and oxygen atoms in total. The van der Waals surface area contributed by atoms with Crippen LogP contribution < -0.4 is 0 Å². The van der Waals surface area contributed by atoms with E-state index >= 15 is 0 Å². The summed E-state index contributed by atoms with van der Waals surface area (Å²) < 4.78 is 5.44. The predicted octanol–water partition coefficient (Wildman–Crippen LogP) is 4.00. The van der Waals surface area contributed by atoms with Crippen molar-refractivity contribution in [1.82, 2.24) is 9.97 Å². The minimum atomic E-state index is 0.454. The topological polar surface area (TPSA) is 38.9 Å². The van der Waals surface area contributed by atoms with E-state index in [1.54, 1.807) is 11.3 Å². The van der Waals surface area contributed by atoms with E-state index in [0.29, 0.717) is 11.8 Å². The van der Waals surface area contributed by atoms with E-state index in [0.717, 1.165) is 27.4 Å². The molecule has 0 amide bonds. The minimum absolute atomic E-state index is 0.454. The molecule has 0 N–H and O–H groups in total. The summed E-state index contributed by atoms with van der Waals surface area (Å²) in [6.45, 7) is 1.84. The third-order valence-corrected chi connectivity index (χ3v) is 3.72. The van der Waals surface area contributed by atoms with Crippen LogP contribution in [0.3, 0.4) is 0 Å². The first-order valence-electron chi connectivity index (χ1n) is 5.14. The Morgan fingerprint density at radius 3 is 3.00 bits per heavy atom. The monoisotopic (exact) mass is 264 g/mol. The van der Waals surface area contributed by atoms with Gasteiger partial charge >= 0.3 is 0 Å². The number of hydrogen-bond acceptors (Lipinski definition) is 4. The van der Waals surface area contributed by atoms with Crippen LogP contribution in [0.5, 0.6) is 0 Å². The van der Waals surface area contributed by atoms with Crippen molar-refractivity contribution in [3.63, 3.8) is 0 Å². The lowest BCUT2D eigenvalue weighted by molar-refractivity contribution is 0.561. The van der Waals surface area contributed by atoms with Crippen LogP contribution in [0.1, 0.15) is 10.9 Å². The highest BCUT2D eigenvalue weighted by Gasteiger charge is 2.07. The minimum Gasteiger partial charge on any atom is -0.441 e. The van der Waals surface area contributed by atoms with E-state index in [2.05, 4.69) is 9.97 Å². The summed E-state index contributed by atoms with van der Waals surface area (Å²) in [6, 6.07) is 5.89. The average Bonchev–Trinajstić information content (AvgIpc) is 2.92. The van der Waals surface area contributed by atoms with Crippen molar-refractivity contribution in [3.05, 3.63) is 34.5 Å². The van der Waals surface area contributed by atoms with Gasteiger partial charge in [-0.25, -0.2) is 9.97 Å². The fourth-order valence-corrected chi connectivity index (χ4v) is 2.61. The number of rotatable bonds is 2. The molecule has 0 fully saturated rings. The summed E-state index contributed by atoms with van der Waals surface area (Å²) in [5.41, 5.74) is 3.64. The lowest BCUT2D eigenvalue weighted by Crippen LogP contribution is -1.80. The van der Waals surface area contributed by atoms with E-state index in [9.17, 15) is 0 Å². The van der Waals surface area contributed by atoms with Gasteiger partial charge in [-0.3, -0.25) is 0 Å². The van der Waals surface area contributed by atoms with E-state index in [1.807, 2.05) is 30.5 Å². The zero-order valence-electron chi connectivity index (χ0n) is 9.11. The highest BCUT2D eigenvalue weighted by Crippen LogP contribution is 2.26. The molecule has 17 heavy (non-hydrogen) atoms. The Balaban J connectivity index is 2.10. The summed E-state index contributed by atoms with van der Waals surface area (Å²) in [5, 5.41) is 2.93. The zero-order valence-corrected chi connectivity index (χ0v) is 10.7.